The van der Waals surface area contributed by atoms with Crippen molar-refractivity contribution in [3.05, 3.63) is 92.2 Å². The molecule has 0 aromatic heterocycles. The SMILES string of the molecule is CCC(C)COc1c(NCCNC(=O)CCCCCOC2OCC(N)C(OCc3ccccc3)C2OC2OC(C)C(N)C(OCc3ccccc3)C2O)c(=O)c1=O. The van der Waals surface area contributed by atoms with Crippen LogP contribution < -0.4 is 37.7 Å². The summed E-state index contributed by atoms with van der Waals surface area (Å²) in [7, 11) is 0. The lowest BCUT2D eigenvalue weighted by molar-refractivity contribution is -0.343. The number of carbonyl (C=O) groups is 1. The van der Waals surface area contributed by atoms with Crippen LogP contribution >= 0.6 is 0 Å². The van der Waals surface area contributed by atoms with Crippen molar-refractivity contribution in [3.63, 3.8) is 0 Å². The Morgan fingerprint density at radius 1 is 0.877 bits per heavy atom. The van der Waals surface area contributed by atoms with E-state index in [-0.39, 0.29) is 56.2 Å². The number of hydrogen-bond acceptors (Lipinski definition) is 14. The van der Waals surface area contributed by atoms with Crippen molar-refractivity contribution in [2.75, 3.05) is 38.2 Å². The Morgan fingerprint density at radius 3 is 2.21 bits per heavy atom. The van der Waals surface area contributed by atoms with Crippen molar-refractivity contribution < 1.29 is 43.1 Å². The largest absolute Gasteiger partial charge is 0.487 e. The van der Waals surface area contributed by atoms with Crippen LogP contribution in [0.2, 0.25) is 0 Å². The highest BCUT2D eigenvalue weighted by molar-refractivity contribution is 5.75. The zero-order valence-corrected chi connectivity index (χ0v) is 33.2. The molecule has 314 valence electrons. The number of aliphatic hydroxyl groups excluding tert-OH is 1. The molecule has 2 aliphatic heterocycles. The molecule has 0 saturated carbocycles. The lowest BCUT2D eigenvalue weighted by Gasteiger charge is -2.46. The number of nitrogens with two attached hydrogens (primary N) is 2. The minimum atomic E-state index is -1.23. The average Bonchev–Trinajstić information content (AvgIpc) is 3.22. The molecule has 2 fully saturated rings. The molecule has 3 aromatic carbocycles. The molecule has 15 nitrogen and oxygen atoms in total. The number of rotatable bonds is 23. The van der Waals surface area contributed by atoms with Gasteiger partial charge in [0.15, 0.2) is 18.3 Å². The molecule has 10 atom stereocenters. The van der Waals surface area contributed by atoms with Crippen LogP contribution in [0, 0.1) is 5.92 Å². The molecular formula is C42H60N4O11. The van der Waals surface area contributed by atoms with E-state index >= 15 is 0 Å². The number of nitrogens with one attached hydrogen (secondary N) is 2. The van der Waals surface area contributed by atoms with E-state index in [4.69, 9.17) is 44.6 Å². The summed E-state index contributed by atoms with van der Waals surface area (Å²) in [5.41, 5.74) is 13.8. The van der Waals surface area contributed by atoms with Gasteiger partial charge in [0.25, 0.3) is 10.9 Å². The van der Waals surface area contributed by atoms with E-state index in [1.54, 1.807) is 0 Å². The summed E-state index contributed by atoms with van der Waals surface area (Å²) in [6, 6.07) is 18.2. The van der Waals surface area contributed by atoms with Crippen LogP contribution in [0.15, 0.2) is 70.3 Å². The second kappa shape index (κ2) is 22.4. The molecular weight excluding hydrogens is 736 g/mol. The topological polar surface area (TPSA) is 212 Å². The quantitative estimate of drug-likeness (QED) is 0.0690. The number of anilines is 1. The third-order valence-electron chi connectivity index (χ3n) is 10.4. The molecule has 0 bridgehead atoms. The smallest absolute Gasteiger partial charge is 0.272 e. The summed E-state index contributed by atoms with van der Waals surface area (Å²) in [6.07, 6.45) is -2.92. The third-order valence-corrected chi connectivity index (χ3v) is 10.4. The van der Waals surface area contributed by atoms with Crippen LogP contribution in [-0.2, 0) is 46.4 Å². The molecule has 10 unspecified atom stereocenters. The van der Waals surface area contributed by atoms with Gasteiger partial charge in [0, 0.05) is 26.1 Å². The van der Waals surface area contributed by atoms with Crippen molar-refractivity contribution in [2.45, 2.75) is 121 Å². The van der Waals surface area contributed by atoms with E-state index in [0.29, 0.717) is 38.9 Å². The van der Waals surface area contributed by atoms with Crippen LogP contribution in [0.1, 0.15) is 64.0 Å². The van der Waals surface area contributed by atoms with Crippen LogP contribution in [0.4, 0.5) is 5.69 Å². The molecule has 0 spiro atoms. The van der Waals surface area contributed by atoms with Gasteiger partial charge in [-0.3, -0.25) is 14.4 Å². The van der Waals surface area contributed by atoms with Gasteiger partial charge < -0.3 is 60.4 Å². The van der Waals surface area contributed by atoms with Crippen LogP contribution in [0.5, 0.6) is 5.75 Å². The first-order valence-corrected chi connectivity index (χ1v) is 20.1. The standard InChI is InChI=1S/C42H60N4O11/c1-4-26(2)22-52-39-33(34(48)35(39)49)46-20-19-45-31(47)18-12-7-13-21-51-42-40(37(30(43)25-55-42)53-23-28-14-8-5-9-15-28)57-41-36(50)38(32(44)27(3)56-41)54-24-29-16-10-6-11-17-29/h5-6,8-11,14-17,26-27,30,32,36-38,40-42,46,50H,4,7,12-13,18-25,43-44H2,1-3H3,(H,45,47). The maximum atomic E-state index is 12.5. The molecule has 2 saturated heterocycles. The summed E-state index contributed by atoms with van der Waals surface area (Å²) < 4.78 is 42.9. The molecule has 5 rings (SSSR count). The zero-order chi connectivity index (χ0) is 40.7. The minimum Gasteiger partial charge on any atom is -0.487 e. The summed E-state index contributed by atoms with van der Waals surface area (Å²) in [4.78, 5) is 36.4. The van der Waals surface area contributed by atoms with Gasteiger partial charge in [-0.25, -0.2) is 0 Å². The Labute approximate surface area is 334 Å². The Balaban J connectivity index is 1.10. The van der Waals surface area contributed by atoms with Gasteiger partial charge in [0.05, 0.1) is 44.6 Å². The van der Waals surface area contributed by atoms with E-state index in [0.717, 1.165) is 17.5 Å². The number of carbonyl (C=O) groups excluding carboxylic acids is 1. The van der Waals surface area contributed by atoms with Crippen molar-refractivity contribution in [1.82, 2.24) is 5.32 Å². The number of hydrogen-bond donors (Lipinski definition) is 5. The molecule has 0 aliphatic carbocycles. The highest BCUT2D eigenvalue weighted by Gasteiger charge is 2.49. The molecule has 7 N–H and O–H groups in total. The number of ether oxygens (including phenoxy) is 7. The van der Waals surface area contributed by atoms with Gasteiger partial charge in [-0.05, 0) is 36.8 Å². The number of benzene rings is 2. The number of aliphatic hydroxyl groups is 1. The molecule has 2 heterocycles. The van der Waals surface area contributed by atoms with Gasteiger partial charge in [0.1, 0.15) is 30.1 Å². The molecule has 3 aromatic rings. The fourth-order valence-electron chi connectivity index (χ4n) is 6.59. The number of unbranched alkanes of at least 4 members (excludes halogenated alkanes) is 2. The predicted octanol–water partition coefficient (Wildman–Crippen LogP) is 2.49. The van der Waals surface area contributed by atoms with Gasteiger partial charge in [0.2, 0.25) is 5.91 Å². The van der Waals surface area contributed by atoms with Crippen molar-refractivity contribution in [3.8, 4) is 5.75 Å². The second-order valence-electron chi connectivity index (χ2n) is 14.9. The predicted molar refractivity (Wildman–Crippen MR) is 213 cm³/mol. The summed E-state index contributed by atoms with van der Waals surface area (Å²) in [5.74, 6) is 0.204. The number of amides is 1. The molecule has 15 heteroatoms. The maximum Gasteiger partial charge on any atom is 0.272 e. The first-order valence-electron chi connectivity index (χ1n) is 20.1. The highest BCUT2D eigenvalue weighted by atomic mass is 16.7. The fraction of sp³-hybridized carbons (Fsp3) is 0.595. The van der Waals surface area contributed by atoms with Crippen molar-refractivity contribution >= 4 is 11.6 Å². The van der Waals surface area contributed by atoms with E-state index in [1.807, 2.05) is 81.4 Å². The zero-order valence-electron chi connectivity index (χ0n) is 33.2. The van der Waals surface area contributed by atoms with Crippen molar-refractivity contribution in [1.29, 1.82) is 0 Å². The minimum absolute atomic E-state index is 0.0699. The first-order chi connectivity index (χ1) is 27.6. The lowest BCUT2D eigenvalue weighted by Crippen LogP contribution is -2.65. The first kappa shape index (κ1) is 44.3. The normalized spacial score (nSPS) is 26.9. The molecule has 57 heavy (non-hydrogen) atoms. The van der Waals surface area contributed by atoms with E-state index in [9.17, 15) is 19.5 Å². The Hall–Kier alpha value is -3.77. The fourth-order valence-corrected chi connectivity index (χ4v) is 6.59. The summed E-state index contributed by atoms with van der Waals surface area (Å²) >= 11 is 0. The van der Waals surface area contributed by atoms with Gasteiger partial charge in [-0.2, -0.15) is 0 Å². The summed E-state index contributed by atoms with van der Waals surface area (Å²) in [6.45, 7) is 7.74. The monoisotopic (exact) mass is 796 g/mol. The van der Waals surface area contributed by atoms with E-state index in [1.165, 1.54) is 0 Å². The summed E-state index contributed by atoms with van der Waals surface area (Å²) in [5, 5.41) is 17.2. The van der Waals surface area contributed by atoms with Crippen LogP contribution in [0.3, 0.4) is 0 Å². The van der Waals surface area contributed by atoms with Crippen LogP contribution in [0.25, 0.3) is 0 Å². The second-order valence-corrected chi connectivity index (χ2v) is 14.9. The van der Waals surface area contributed by atoms with Crippen molar-refractivity contribution in [2.24, 2.45) is 17.4 Å². The average molecular weight is 797 g/mol. The van der Waals surface area contributed by atoms with E-state index in [2.05, 4.69) is 10.6 Å². The van der Waals surface area contributed by atoms with Crippen LogP contribution in [-0.4, -0.2) is 99.1 Å². The Kier molecular flexibility index (Phi) is 17.4. The van der Waals surface area contributed by atoms with Gasteiger partial charge in [-0.15, -0.1) is 0 Å². The Bertz CT molecular complexity index is 1710. The molecule has 2 aliphatic rings. The molecule has 1 amide bonds. The molecule has 0 radical (unpaired) electrons. The highest BCUT2D eigenvalue weighted by Crippen LogP contribution is 2.30. The van der Waals surface area contributed by atoms with Gasteiger partial charge in [-0.1, -0.05) is 87.4 Å². The lowest BCUT2D eigenvalue weighted by atomic mass is 9.97. The third kappa shape index (κ3) is 12.6. The Morgan fingerprint density at radius 2 is 1.54 bits per heavy atom. The van der Waals surface area contributed by atoms with E-state index < -0.39 is 66.0 Å². The maximum absolute atomic E-state index is 12.5. The van der Waals surface area contributed by atoms with Gasteiger partial charge >= 0.3 is 0 Å².